The lowest BCUT2D eigenvalue weighted by molar-refractivity contribution is -0.111. The summed E-state index contributed by atoms with van der Waals surface area (Å²) in [5.41, 5.74) is 14.6. The van der Waals surface area contributed by atoms with Crippen molar-refractivity contribution in [3.8, 4) is 0 Å². The van der Waals surface area contributed by atoms with Gasteiger partial charge in [-0.1, -0.05) is 55.0 Å². The van der Waals surface area contributed by atoms with Crippen LogP contribution in [0.3, 0.4) is 0 Å². The van der Waals surface area contributed by atoms with E-state index < -0.39 is 0 Å². The summed E-state index contributed by atoms with van der Waals surface area (Å²) in [6.07, 6.45) is 9.74. The van der Waals surface area contributed by atoms with Crippen LogP contribution in [0, 0.1) is 5.92 Å². The Morgan fingerprint density at radius 2 is 1.59 bits per heavy atom. The summed E-state index contributed by atoms with van der Waals surface area (Å²) in [5, 5.41) is 0. The fraction of sp³-hybridized carbons (Fsp3) is 0.481. The van der Waals surface area contributed by atoms with Crippen molar-refractivity contribution in [1.29, 1.82) is 0 Å². The van der Waals surface area contributed by atoms with Crippen molar-refractivity contribution in [3.05, 3.63) is 71.3 Å². The van der Waals surface area contributed by atoms with Crippen LogP contribution in [-0.2, 0) is 11.2 Å². The van der Waals surface area contributed by atoms with Crippen LogP contribution >= 0.6 is 0 Å². The Labute approximate surface area is 192 Å². The first kappa shape index (κ1) is 24.3. The molecule has 0 amide bonds. The predicted octanol–water partition coefficient (Wildman–Crippen LogP) is 3.93. The van der Waals surface area contributed by atoms with Crippen molar-refractivity contribution in [2.24, 2.45) is 17.4 Å². The maximum Gasteiger partial charge on any atom is 0.193 e. The van der Waals surface area contributed by atoms with Gasteiger partial charge in [-0.2, -0.15) is 0 Å². The molecule has 2 aromatic carbocycles. The number of hydrogen-bond donors (Lipinski definition) is 2. The van der Waals surface area contributed by atoms with E-state index in [1.54, 1.807) is 0 Å². The molecule has 2 aliphatic rings. The Hall–Kier alpha value is -2.34. The van der Waals surface area contributed by atoms with E-state index in [2.05, 4.69) is 11.0 Å². The normalized spacial score (nSPS) is 22.3. The highest BCUT2D eigenvalue weighted by molar-refractivity contribution is 6.09. The molecule has 1 aliphatic heterocycles. The summed E-state index contributed by atoms with van der Waals surface area (Å²) in [6, 6.07) is 17.7. The third-order valence-electron chi connectivity index (χ3n) is 6.54. The zero-order chi connectivity index (χ0) is 22.8. The summed E-state index contributed by atoms with van der Waals surface area (Å²) in [6.45, 7) is 2.17. The first-order valence-electron chi connectivity index (χ1n) is 12.0. The number of hydrogen-bond acceptors (Lipinski definition) is 5. The molecule has 4 N–H and O–H groups in total. The van der Waals surface area contributed by atoms with Crippen LogP contribution in [-0.4, -0.2) is 42.3 Å². The van der Waals surface area contributed by atoms with Gasteiger partial charge >= 0.3 is 0 Å². The number of carbonyl (C=O) groups excluding carboxylic acids is 2. The molecular formula is C27H37N3O2. The second-order valence-electron chi connectivity index (χ2n) is 9.07. The van der Waals surface area contributed by atoms with E-state index in [0.717, 1.165) is 68.2 Å². The first-order valence-corrected chi connectivity index (χ1v) is 12.0. The average Bonchev–Trinajstić information content (AvgIpc) is 2.86. The predicted molar refractivity (Wildman–Crippen MR) is 129 cm³/mol. The van der Waals surface area contributed by atoms with Gasteiger partial charge in [0.25, 0.3) is 0 Å². The van der Waals surface area contributed by atoms with Gasteiger partial charge in [-0.25, -0.2) is 0 Å². The molecule has 32 heavy (non-hydrogen) atoms. The zero-order valence-corrected chi connectivity index (χ0v) is 19.0. The van der Waals surface area contributed by atoms with E-state index in [1.807, 2.05) is 48.5 Å². The van der Waals surface area contributed by atoms with Crippen molar-refractivity contribution in [2.45, 2.75) is 63.6 Å². The molecule has 1 saturated heterocycles. The number of aldehydes is 1. The van der Waals surface area contributed by atoms with E-state index in [0.29, 0.717) is 12.0 Å². The number of rotatable bonds is 6. The van der Waals surface area contributed by atoms with Gasteiger partial charge in [0.2, 0.25) is 0 Å². The number of nitrogens with two attached hydrogens (primary N) is 2. The summed E-state index contributed by atoms with van der Waals surface area (Å²) in [5.74, 6) is 0.379. The average molecular weight is 436 g/mol. The Balaban J connectivity index is 0.000000269. The second-order valence-corrected chi connectivity index (χ2v) is 9.07. The van der Waals surface area contributed by atoms with E-state index in [1.165, 1.54) is 19.3 Å². The standard InChI is InChI=1S/C20H24N2O.C7H13NO/c21-19(22-12-5-2-6-13-22)15-16-8-7-11-18(14-16)20(23)17-9-3-1-4-10-17;8-7-3-1-6(5-9)2-4-7/h1,3-4,7-11,14,19H,2,5-6,12-13,15,21H2;5-7H,1-4,8H2. The maximum atomic E-state index is 12.5. The highest BCUT2D eigenvalue weighted by Gasteiger charge is 2.18. The van der Waals surface area contributed by atoms with E-state index >= 15 is 0 Å². The van der Waals surface area contributed by atoms with Crippen molar-refractivity contribution < 1.29 is 9.59 Å². The lowest BCUT2D eigenvalue weighted by Gasteiger charge is -2.32. The molecule has 1 aliphatic carbocycles. The largest absolute Gasteiger partial charge is 0.328 e. The Morgan fingerprint density at radius 1 is 0.938 bits per heavy atom. The van der Waals surface area contributed by atoms with Gasteiger partial charge in [-0.3, -0.25) is 9.69 Å². The van der Waals surface area contributed by atoms with Gasteiger partial charge < -0.3 is 16.3 Å². The molecule has 4 rings (SSSR count). The van der Waals surface area contributed by atoms with Crippen LogP contribution in [0.5, 0.6) is 0 Å². The van der Waals surface area contributed by atoms with E-state index in [9.17, 15) is 9.59 Å². The van der Waals surface area contributed by atoms with E-state index in [4.69, 9.17) is 11.5 Å². The van der Waals surface area contributed by atoms with Gasteiger partial charge in [0.15, 0.2) is 5.78 Å². The number of piperidine rings is 1. The van der Waals surface area contributed by atoms with Crippen molar-refractivity contribution in [1.82, 2.24) is 4.90 Å². The molecule has 0 radical (unpaired) electrons. The number of carbonyl (C=O) groups is 2. The molecular weight excluding hydrogens is 398 g/mol. The molecule has 2 fully saturated rings. The van der Waals surface area contributed by atoms with Gasteiger partial charge in [-0.05, 0) is 63.2 Å². The Morgan fingerprint density at radius 3 is 2.25 bits per heavy atom. The van der Waals surface area contributed by atoms with Crippen molar-refractivity contribution >= 4 is 12.1 Å². The molecule has 1 unspecified atom stereocenters. The minimum atomic E-state index is 0.0392. The minimum absolute atomic E-state index is 0.0392. The highest BCUT2D eigenvalue weighted by Crippen LogP contribution is 2.20. The molecule has 1 heterocycles. The van der Waals surface area contributed by atoms with Crippen LogP contribution in [0.25, 0.3) is 0 Å². The molecule has 172 valence electrons. The Bertz CT molecular complexity index is 841. The fourth-order valence-electron chi connectivity index (χ4n) is 4.50. The SMILES string of the molecule is NC(Cc1cccc(C(=O)c2ccccc2)c1)N1CCCCC1.NC1CCC(C=O)CC1. The van der Waals surface area contributed by atoms with Gasteiger partial charge in [-0.15, -0.1) is 0 Å². The van der Waals surface area contributed by atoms with E-state index in [-0.39, 0.29) is 11.9 Å². The quantitative estimate of drug-likeness (QED) is 0.530. The van der Waals surface area contributed by atoms with Crippen LogP contribution in [0.15, 0.2) is 54.6 Å². The molecule has 0 bridgehead atoms. The third kappa shape index (κ3) is 7.37. The van der Waals surface area contributed by atoms with Crippen molar-refractivity contribution in [3.63, 3.8) is 0 Å². The highest BCUT2D eigenvalue weighted by atomic mass is 16.1. The van der Waals surface area contributed by atoms with Crippen LogP contribution in [0.4, 0.5) is 0 Å². The number of nitrogens with zero attached hydrogens (tertiary/aromatic N) is 1. The first-order chi connectivity index (χ1) is 15.6. The van der Waals surface area contributed by atoms with Gasteiger partial charge in [0, 0.05) is 29.5 Å². The molecule has 0 aromatic heterocycles. The summed E-state index contributed by atoms with van der Waals surface area (Å²) < 4.78 is 0. The summed E-state index contributed by atoms with van der Waals surface area (Å²) >= 11 is 0. The second kappa shape index (κ2) is 12.6. The molecule has 2 aromatic rings. The lowest BCUT2D eigenvalue weighted by atomic mass is 9.88. The third-order valence-corrected chi connectivity index (χ3v) is 6.54. The van der Waals surface area contributed by atoms with Gasteiger partial charge in [0.1, 0.15) is 6.29 Å². The summed E-state index contributed by atoms with van der Waals surface area (Å²) in [4.78, 5) is 25.1. The fourth-order valence-corrected chi connectivity index (χ4v) is 4.50. The Kier molecular flexibility index (Phi) is 9.60. The molecule has 5 heteroatoms. The van der Waals surface area contributed by atoms with Gasteiger partial charge in [0.05, 0.1) is 6.17 Å². The van der Waals surface area contributed by atoms with Crippen LogP contribution in [0.2, 0.25) is 0 Å². The minimum Gasteiger partial charge on any atom is -0.328 e. The van der Waals surface area contributed by atoms with Crippen molar-refractivity contribution in [2.75, 3.05) is 13.1 Å². The topological polar surface area (TPSA) is 89.4 Å². The number of likely N-dealkylation sites (tertiary alicyclic amines) is 1. The molecule has 1 atom stereocenters. The monoisotopic (exact) mass is 435 g/mol. The number of benzene rings is 2. The number of ketones is 1. The maximum absolute atomic E-state index is 12.5. The molecule has 5 nitrogen and oxygen atoms in total. The lowest BCUT2D eigenvalue weighted by Crippen LogP contribution is -2.46. The smallest absolute Gasteiger partial charge is 0.193 e. The zero-order valence-electron chi connectivity index (χ0n) is 19.0. The summed E-state index contributed by atoms with van der Waals surface area (Å²) in [7, 11) is 0. The van der Waals surface area contributed by atoms with Crippen LogP contribution < -0.4 is 11.5 Å². The molecule has 1 saturated carbocycles. The molecule has 0 spiro atoms. The van der Waals surface area contributed by atoms with Crippen LogP contribution in [0.1, 0.15) is 66.4 Å².